The maximum Gasteiger partial charge on any atom is 0.349 e. The first-order chi connectivity index (χ1) is 8.11. The van der Waals surface area contributed by atoms with Crippen LogP contribution in [0.25, 0.3) is 0 Å². The Morgan fingerprint density at radius 2 is 2.29 bits per heavy atom. The Bertz CT molecular complexity index is 489. The third-order valence-corrected chi connectivity index (χ3v) is 3.17. The summed E-state index contributed by atoms with van der Waals surface area (Å²) in [6.45, 7) is 0. The summed E-state index contributed by atoms with van der Waals surface area (Å²) in [5, 5.41) is 3.64. The third-order valence-electron chi connectivity index (χ3n) is 2.18. The topological polar surface area (TPSA) is 47.6 Å². The van der Waals surface area contributed by atoms with Crippen LogP contribution < -0.4 is 5.32 Å². The number of ether oxygens (including phenoxy) is 2. The average Bonchev–Trinajstić information content (AvgIpc) is 2.57. The summed E-state index contributed by atoms with van der Waals surface area (Å²) in [7, 11) is 1.46. The smallest absolute Gasteiger partial charge is 0.349 e. The van der Waals surface area contributed by atoms with Crippen LogP contribution >= 0.6 is 27.5 Å². The molecule has 2 rings (SSSR count). The van der Waals surface area contributed by atoms with Crippen LogP contribution in [0.5, 0.6) is 0 Å². The Balaban J connectivity index is 2.25. The number of nitrogens with one attached hydrogen (secondary N) is 1. The van der Waals surface area contributed by atoms with Crippen LogP contribution in [0, 0.1) is 0 Å². The minimum absolute atomic E-state index is 0.323. The Morgan fingerprint density at radius 3 is 2.94 bits per heavy atom. The molecule has 4 nitrogen and oxygen atoms in total. The van der Waals surface area contributed by atoms with Gasteiger partial charge in [0.15, 0.2) is 0 Å². The van der Waals surface area contributed by atoms with E-state index in [4.69, 9.17) is 21.1 Å². The summed E-state index contributed by atoms with van der Waals surface area (Å²) < 4.78 is 10.3. The lowest BCUT2D eigenvalue weighted by molar-refractivity contribution is -0.155. The third kappa shape index (κ3) is 2.62. The lowest BCUT2D eigenvalue weighted by atomic mass is 10.3. The quantitative estimate of drug-likeness (QED) is 0.871. The van der Waals surface area contributed by atoms with Crippen LogP contribution in [-0.4, -0.2) is 19.4 Å². The van der Waals surface area contributed by atoms with Crippen LogP contribution in [0.15, 0.2) is 34.4 Å². The molecule has 6 heteroatoms. The molecule has 1 aliphatic heterocycles. The van der Waals surface area contributed by atoms with Gasteiger partial charge in [0.1, 0.15) is 10.2 Å². The number of hydrogen-bond donors (Lipinski definition) is 1. The molecule has 1 N–H and O–H groups in total. The maximum atomic E-state index is 11.3. The first-order valence-electron chi connectivity index (χ1n) is 4.78. The zero-order chi connectivity index (χ0) is 12.4. The van der Waals surface area contributed by atoms with Crippen LogP contribution in [0.1, 0.15) is 0 Å². The molecule has 1 aromatic rings. The SMILES string of the molecule is CO[C@@H]1OC(=O)C(Br)=C1Nc1cccc(Cl)c1. The van der Waals surface area contributed by atoms with Crippen molar-refractivity contribution in [2.45, 2.75) is 6.29 Å². The Morgan fingerprint density at radius 1 is 1.53 bits per heavy atom. The van der Waals surface area contributed by atoms with Gasteiger partial charge in [0, 0.05) is 17.8 Å². The molecule has 0 saturated carbocycles. The highest BCUT2D eigenvalue weighted by molar-refractivity contribution is 9.12. The minimum Gasteiger partial charge on any atom is -0.426 e. The summed E-state index contributed by atoms with van der Waals surface area (Å²) in [5.41, 5.74) is 1.28. The zero-order valence-corrected chi connectivity index (χ0v) is 11.2. The number of methoxy groups -OCH3 is 1. The Hall–Kier alpha value is -1.04. The first-order valence-corrected chi connectivity index (χ1v) is 5.95. The predicted molar refractivity (Wildman–Crippen MR) is 67.9 cm³/mol. The fourth-order valence-electron chi connectivity index (χ4n) is 1.42. The van der Waals surface area contributed by atoms with E-state index in [0.717, 1.165) is 5.69 Å². The summed E-state index contributed by atoms with van der Waals surface area (Å²) in [6.07, 6.45) is -0.726. The lowest BCUT2D eigenvalue weighted by Crippen LogP contribution is -2.18. The predicted octanol–water partition coefficient (Wildman–Crippen LogP) is 2.89. The van der Waals surface area contributed by atoms with Gasteiger partial charge < -0.3 is 14.8 Å². The second kappa shape index (κ2) is 5.08. The van der Waals surface area contributed by atoms with E-state index in [1.54, 1.807) is 18.2 Å². The van der Waals surface area contributed by atoms with Crippen molar-refractivity contribution in [3.63, 3.8) is 0 Å². The van der Waals surface area contributed by atoms with Crippen LogP contribution in [0.4, 0.5) is 5.69 Å². The fourth-order valence-corrected chi connectivity index (χ4v) is 1.99. The maximum absolute atomic E-state index is 11.3. The van der Waals surface area contributed by atoms with Gasteiger partial charge in [0.05, 0.1) is 0 Å². The molecule has 0 unspecified atom stereocenters. The van der Waals surface area contributed by atoms with Crippen LogP contribution in [-0.2, 0) is 14.3 Å². The van der Waals surface area contributed by atoms with Crippen LogP contribution in [0.3, 0.4) is 0 Å². The van der Waals surface area contributed by atoms with Gasteiger partial charge in [-0.05, 0) is 34.1 Å². The second-order valence-corrected chi connectivity index (χ2v) is 4.57. The van der Waals surface area contributed by atoms with Crippen molar-refractivity contribution in [1.29, 1.82) is 0 Å². The molecule has 0 bridgehead atoms. The van der Waals surface area contributed by atoms with Gasteiger partial charge in [-0.3, -0.25) is 0 Å². The molecular weight excluding hydrogens is 309 g/mol. The standard InChI is InChI=1S/C11H9BrClNO3/c1-16-11-9(8(12)10(15)17-11)14-7-4-2-3-6(13)5-7/h2-5,11,14H,1H3/t11-/m1/s1. The summed E-state index contributed by atoms with van der Waals surface area (Å²) in [6, 6.07) is 7.14. The lowest BCUT2D eigenvalue weighted by Gasteiger charge is -2.13. The molecule has 1 heterocycles. The van der Waals surface area contributed by atoms with Crippen molar-refractivity contribution in [2.24, 2.45) is 0 Å². The highest BCUT2D eigenvalue weighted by atomic mass is 79.9. The Labute approximate surface area is 112 Å². The van der Waals surface area contributed by atoms with E-state index in [0.29, 0.717) is 15.2 Å². The number of cyclic esters (lactones) is 1. The first kappa shape index (κ1) is 12.4. The second-order valence-electron chi connectivity index (χ2n) is 3.34. The fraction of sp³-hybridized carbons (Fsp3) is 0.182. The Kier molecular flexibility index (Phi) is 3.71. The molecule has 0 radical (unpaired) electrons. The minimum atomic E-state index is -0.726. The molecule has 0 amide bonds. The normalized spacial score (nSPS) is 19.5. The summed E-state index contributed by atoms with van der Waals surface area (Å²) >= 11 is 9.03. The summed E-state index contributed by atoms with van der Waals surface area (Å²) in [4.78, 5) is 11.3. The number of benzene rings is 1. The molecule has 0 saturated heterocycles. The van der Waals surface area contributed by atoms with E-state index in [2.05, 4.69) is 21.2 Å². The van der Waals surface area contributed by atoms with Gasteiger partial charge in [-0.25, -0.2) is 4.79 Å². The van der Waals surface area contributed by atoms with Crippen molar-refractivity contribution >= 4 is 39.2 Å². The van der Waals surface area contributed by atoms with Crippen molar-refractivity contribution < 1.29 is 14.3 Å². The van der Waals surface area contributed by atoms with E-state index >= 15 is 0 Å². The molecule has 0 spiro atoms. The van der Waals surface area contributed by atoms with Crippen molar-refractivity contribution in [1.82, 2.24) is 0 Å². The van der Waals surface area contributed by atoms with Crippen molar-refractivity contribution in [3.05, 3.63) is 39.5 Å². The van der Waals surface area contributed by atoms with E-state index in [9.17, 15) is 4.79 Å². The molecular formula is C11H9BrClNO3. The highest BCUT2D eigenvalue weighted by Gasteiger charge is 2.33. The molecule has 17 heavy (non-hydrogen) atoms. The monoisotopic (exact) mass is 317 g/mol. The number of carbonyl (C=O) groups excluding carboxylic acids is 1. The molecule has 0 fully saturated rings. The van der Waals surface area contributed by atoms with E-state index < -0.39 is 12.3 Å². The average molecular weight is 319 g/mol. The molecule has 1 aromatic carbocycles. The van der Waals surface area contributed by atoms with Crippen molar-refractivity contribution in [2.75, 3.05) is 12.4 Å². The zero-order valence-electron chi connectivity index (χ0n) is 8.87. The molecule has 0 aromatic heterocycles. The van der Waals surface area contributed by atoms with E-state index in [1.165, 1.54) is 7.11 Å². The van der Waals surface area contributed by atoms with Gasteiger partial charge in [0.2, 0.25) is 6.29 Å². The van der Waals surface area contributed by atoms with Crippen molar-refractivity contribution in [3.8, 4) is 0 Å². The number of rotatable bonds is 3. The van der Waals surface area contributed by atoms with Crippen LogP contribution in [0.2, 0.25) is 5.02 Å². The number of carbonyl (C=O) groups is 1. The summed E-state index contributed by atoms with van der Waals surface area (Å²) in [5.74, 6) is -0.457. The van der Waals surface area contributed by atoms with Gasteiger partial charge in [-0.1, -0.05) is 17.7 Å². The largest absolute Gasteiger partial charge is 0.426 e. The highest BCUT2D eigenvalue weighted by Crippen LogP contribution is 2.29. The van der Waals surface area contributed by atoms with E-state index in [-0.39, 0.29) is 0 Å². The molecule has 1 aliphatic rings. The van der Waals surface area contributed by atoms with Gasteiger partial charge in [0.25, 0.3) is 0 Å². The van der Waals surface area contributed by atoms with Gasteiger partial charge in [-0.15, -0.1) is 0 Å². The van der Waals surface area contributed by atoms with Gasteiger partial charge >= 0.3 is 5.97 Å². The molecule has 0 aliphatic carbocycles. The number of hydrogen-bond acceptors (Lipinski definition) is 4. The number of halogens is 2. The van der Waals surface area contributed by atoms with E-state index in [1.807, 2.05) is 6.07 Å². The molecule has 90 valence electrons. The number of anilines is 1. The number of esters is 1. The molecule has 1 atom stereocenters. The van der Waals surface area contributed by atoms with Gasteiger partial charge in [-0.2, -0.15) is 0 Å².